The SMILES string of the molecule is NCCCCc1ccc2[nH]c3ccccc3c2c1. The molecule has 0 atom stereocenters. The van der Waals surface area contributed by atoms with Crippen LogP contribution in [-0.4, -0.2) is 11.5 Å². The molecule has 0 saturated heterocycles. The van der Waals surface area contributed by atoms with E-state index in [4.69, 9.17) is 5.73 Å². The number of H-pyrrole nitrogens is 1. The molecule has 3 aromatic rings. The molecule has 0 bridgehead atoms. The number of benzene rings is 2. The molecule has 2 aromatic carbocycles. The molecule has 0 amide bonds. The van der Waals surface area contributed by atoms with Gasteiger partial charge in [0.25, 0.3) is 0 Å². The number of unbranched alkanes of at least 4 members (excludes halogenated alkanes) is 1. The van der Waals surface area contributed by atoms with E-state index in [2.05, 4.69) is 47.4 Å². The van der Waals surface area contributed by atoms with Crippen LogP contribution in [-0.2, 0) is 6.42 Å². The lowest BCUT2D eigenvalue weighted by Crippen LogP contribution is -1.98. The van der Waals surface area contributed by atoms with Crippen molar-refractivity contribution >= 4 is 21.8 Å². The van der Waals surface area contributed by atoms with Gasteiger partial charge in [0.2, 0.25) is 0 Å². The lowest BCUT2D eigenvalue weighted by Gasteiger charge is -2.01. The van der Waals surface area contributed by atoms with Crippen LogP contribution in [0.25, 0.3) is 21.8 Å². The molecule has 2 heteroatoms. The third-order valence-corrected chi connectivity index (χ3v) is 3.49. The van der Waals surface area contributed by atoms with Gasteiger partial charge in [-0.25, -0.2) is 0 Å². The van der Waals surface area contributed by atoms with E-state index in [0.717, 1.165) is 19.4 Å². The molecule has 0 unspecified atom stereocenters. The summed E-state index contributed by atoms with van der Waals surface area (Å²) in [5, 5.41) is 2.64. The Morgan fingerprint density at radius 2 is 1.72 bits per heavy atom. The zero-order valence-corrected chi connectivity index (χ0v) is 10.4. The van der Waals surface area contributed by atoms with Gasteiger partial charge in [-0.1, -0.05) is 24.3 Å². The van der Waals surface area contributed by atoms with Crippen LogP contribution in [0.15, 0.2) is 42.5 Å². The molecule has 0 aliphatic rings. The summed E-state index contributed by atoms with van der Waals surface area (Å²) in [6.07, 6.45) is 3.39. The number of hydrogen-bond donors (Lipinski definition) is 2. The molecule has 0 saturated carbocycles. The van der Waals surface area contributed by atoms with Crippen molar-refractivity contribution in [1.29, 1.82) is 0 Å². The normalized spacial score (nSPS) is 11.4. The fraction of sp³-hybridized carbons (Fsp3) is 0.250. The number of nitrogens with one attached hydrogen (secondary N) is 1. The van der Waals surface area contributed by atoms with Gasteiger partial charge in [0.05, 0.1) is 0 Å². The summed E-state index contributed by atoms with van der Waals surface area (Å²) in [6, 6.07) is 15.2. The minimum Gasteiger partial charge on any atom is -0.355 e. The van der Waals surface area contributed by atoms with E-state index in [-0.39, 0.29) is 0 Å². The first kappa shape index (κ1) is 11.3. The molecule has 3 rings (SSSR count). The summed E-state index contributed by atoms with van der Waals surface area (Å²) < 4.78 is 0. The van der Waals surface area contributed by atoms with Crippen molar-refractivity contribution in [2.45, 2.75) is 19.3 Å². The Balaban J connectivity index is 2.02. The largest absolute Gasteiger partial charge is 0.355 e. The molecular weight excluding hydrogens is 220 g/mol. The highest BCUT2D eigenvalue weighted by atomic mass is 14.7. The minimum absolute atomic E-state index is 0.787. The van der Waals surface area contributed by atoms with Gasteiger partial charge in [-0.2, -0.15) is 0 Å². The van der Waals surface area contributed by atoms with Gasteiger partial charge in [-0.05, 0) is 49.6 Å². The Labute approximate surface area is 107 Å². The maximum atomic E-state index is 5.54. The molecule has 3 N–H and O–H groups in total. The molecule has 0 aliphatic carbocycles. The van der Waals surface area contributed by atoms with Crippen molar-refractivity contribution in [1.82, 2.24) is 4.98 Å². The van der Waals surface area contributed by atoms with Crippen LogP contribution in [0.3, 0.4) is 0 Å². The van der Waals surface area contributed by atoms with Crippen molar-refractivity contribution in [3.8, 4) is 0 Å². The Morgan fingerprint density at radius 3 is 2.61 bits per heavy atom. The average Bonchev–Trinajstić information content (AvgIpc) is 2.77. The Morgan fingerprint density at radius 1 is 0.889 bits per heavy atom. The molecule has 18 heavy (non-hydrogen) atoms. The van der Waals surface area contributed by atoms with E-state index in [9.17, 15) is 0 Å². The Kier molecular flexibility index (Phi) is 3.03. The van der Waals surface area contributed by atoms with Crippen molar-refractivity contribution in [2.75, 3.05) is 6.54 Å². The molecular formula is C16H18N2. The summed E-state index contributed by atoms with van der Waals surface area (Å²) in [7, 11) is 0. The van der Waals surface area contributed by atoms with Gasteiger partial charge in [0, 0.05) is 21.8 Å². The Bertz CT molecular complexity index is 667. The van der Waals surface area contributed by atoms with Gasteiger partial charge >= 0.3 is 0 Å². The first-order chi connectivity index (χ1) is 8.88. The van der Waals surface area contributed by atoms with E-state index in [1.807, 2.05) is 0 Å². The van der Waals surface area contributed by atoms with E-state index in [1.165, 1.54) is 33.8 Å². The average molecular weight is 238 g/mol. The minimum atomic E-state index is 0.787. The van der Waals surface area contributed by atoms with Crippen LogP contribution >= 0.6 is 0 Å². The fourth-order valence-corrected chi connectivity index (χ4v) is 2.52. The van der Waals surface area contributed by atoms with Gasteiger partial charge in [-0.15, -0.1) is 0 Å². The van der Waals surface area contributed by atoms with Crippen molar-refractivity contribution in [3.63, 3.8) is 0 Å². The molecule has 1 heterocycles. The van der Waals surface area contributed by atoms with Crippen LogP contribution in [0.5, 0.6) is 0 Å². The molecule has 0 aliphatic heterocycles. The maximum absolute atomic E-state index is 5.54. The lowest BCUT2D eigenvalue weighted by molar-refractivity contribution is 0.745. The summed E-state index contributed by atoms with van der Waals surface area (Å²) >= 11 is 0. The highest BCUT2D eigenvalue weighted by Gasteiger charge is 2.04. The zero-order chi connectivity index (χ0) is 12.4. The van der Waals surface area contributed by atoms with Crippen LogP contribution in [0.2, 0.25) is 0 Å². The second kappa shape index (κ2) is 4.83. The van der Waals surface area contributed by atoms with E-state index in [0.29, 0.717) is 0 Å². The van der Waals surface area contributed by atoms with Gasteiger partial charge < -0.3 is 10.7 Å². The first-order valence-corrected chi connectivity index (χ1v) is 6.58. The van der Waals surface area contributed by atoms with Crippen molar-refractivity contribution in [2.24, 2.45) is 5.73 Å². The summed E-state index contributed by atoms with van der Waals surface area (Å²) in [5.74, 6) is 0. The fourth-order valence-electron chi connectivity index (χ4n) is 2.52. The van der Waals surface area contributed by atoms with Crippen molar-refractivity contribution in [3.05, 3.63) is 48.0 Å². The van der Waals surface area contributed by atoms with E-state index >= 15 is 0 Å². The molecule has 0 radical (unpaired) electrons. The topological polar surface area (TPSA) is 41.8 Å². The second-order valence-electron chi connectivity index (χ2n) is 4.80. The second-order valence-corrected chi connectivity index (χ2v) is 4.80. The highest BCUT2D eigenvalue weighted by Crippen LogP contribution is 2.26. The van der Waals surface area contributed by atoms with E-state index in [1.54, 1.807) is 0 Å². The van der Waals surface area contributed by atoms with Crippen molar-refractivity contribution < 1.29 is 0 Å². The number of fused-ring (bicyclic) bond motifs is 3. The number of para-hydroxylation sites is 1. The number of nitrogens with two attached hydrogens (primary N) is 1. The number of hydrogen-bond acceptors (Lipinski definition) is 1. The number of rotatable bonds is 4. The quantitative estimate of drug-likeness (QED) is 0.670. The smallest absolute Gasteiger partial charge is 0.0465 e. The predicted molar refractivity (Wildman–Crippen MR) is 77.8 cm³/mol. The lowest BCUT2D eigenvalue weighted by atomic mass is 10.0. The third-order valence-electron chi connectivity index (χ3n) is 3.49. The molecule has 0 fully saturated rings. The molecule has 1 aromatic heterocycles. The maximum Gasteiger partial charge on any atom is 0.0465 e. The molecule has 2 nitrogen and oxygen atoms in total. The highest BCUT2D eigenvalue weighted by molar-refractivity contribution is 6.07. The van der Waals surface area contributed by atoms with Crippen LogP contribution in [0, 0.1) is 0 Å². The van der Waals surface area contributed by atoms with Gasteiger partial charge in [-0.3, -0.25) is 0 Å². The van der Waals surface area contributed by atoms with Gasteiger partial charge in [0.1, 0.15) is 0 Å². The number of aromatic nitrogens is 1. The summed E-state index contributed by atoms with van der Waals surface area (Å²) in [4.78, 5) is 3.45. The first-order valence-electron chi connectivity index (χ1n) is 6.58. The van der Waals surface area contributed by atoms with Crippen LogP contribution in [0.1, 0.15) is 18.4 Å². The third kappa shape index (κ3) is 2.00. The molecule has 0 spiro atoms. The monoisotopic (exact) mass is 238 g/mol. The number of aryl methyl sites for hydroxylation is 1. The zero-order valence-electron chi connectivity index (χ0n) is 10.4. The summed E-state index contributed by atoms with van der Waals surface area (Å²) in [6.45, 7) is 0.787. The predicted octanol–water partition coefficient (Wildman–Crippen LogP) is 3.60. The van der Waals surface area contributed by atoms with Gasteiger partial charge in [0.15, 0.2) is 0 Å². The van der Waals surface area contributed by atoms with Crippen LogP contribution < -0.4 is 5.73 Å². The Hall–Kier alpha value is -1.80. The standard InChI is InChI=1S/C16H18N2/c17-10-4-3-5-12-8-9-16-14(11-12)13-6-1-2-7-15(13)18-16/h1-2,6-9,11,18H,3-5,10,17H2. The van der Waals surface area contributed by atoms with Crippen LogP contribution in [0.4, 0.5) is 0 Å². The summed E-state index contributed by atoms with van der Waals surface area (Å²) in [5.41, 5.74) is 9.38. The number of aromatic amines is 1. The molecule has 92 valence electrons. The van der Waals surface area contributed by atoms with E-state index < -0.39 is 0 Å².